The molecule has 0 aromatic heterocycles. The molecule has 1 heterocycles. The number of carbonyl (C=O) groups excluding carboxylic acids is 1. The van der Waals surface area contributed by atoms with E-state index in [1.807, 2.05) is 12.1 Å². The smallest absolute Gasteiger partial charge is 0.326 e. The molecule has 1 fully saturated rings. The normalized spacial score (nSPS) is 17.4. The second kappa shape index (κ2) is 5.95. The summed E-state index contributed by atoms with van der Waals surface area (Å²) >= 11 is 0. The molecule has 1 aromatic rings. The van der Waals surface area contributed by atoms with Crippen LogP contribution in [0.4, 0.5) is 0 Å². The fourth-order valence-electron chi connectivity index (χ4n) is 2.76. The highest BCUT2D eigenvalue weighted by Crippen LogP contribution is 2.37. The van der Waals surface area contributed by atoms with Gasteiger partial charge in [0.05, 0.1) is 12.7 Å². The number of ether oxygens (including phenoxy) is 2. The van der Waals surface area contributed by atoms with Gasteiger partial charge in [-0.1, -0.05) is 12.1 Å². The Kier molecular flexibility index (Phi) is 3.98. The molecule has 1 atom stereocenters. The van der Waals surface area contributed by atoms with Gasteiger partial charge in [-0.3, -0.25) is 4.79 Å². The molecule has 122 valence electrons. The monoisotopic (exact) mass is 317 g/mol. The van der Waals surface area contributed by atoms with Crippen LogP contribution in [0.25, 0.3) is 6.08 Å². The lowest BCUT2D eigenvalue weighted by Crippen LogP contribution is -2.46. The number of carboxylic acids is 1. The largest absolute Gasteiger partial charge is 0.493 e. The van der Waals surface area contributed by atoms with Crippen LogP contribution in [0.5, 0.6) is 11.5 Å². The topological polar surface area (TPSA) is 76.1 Å². The van der Waals surface area contributed by atoms with E-state index in [0.29, 0.717) is 17.1 Å². The van der Waals surface area contributed by atoms with Crippen molar-refractivity contribution in [3.05, 3.63) is 29.3 Å². The maximum absolute atomic E-state index is 12.8. The van der Waals surface area contributed by atoms with Gasteiger partial charge in [-0.15, -0.1) is 0 Å². The molecule has 6 heteroatoms. The molecule has 1 aliphatic heterocycles. The van der Waals surface area contributed by atoms with E-state index in [4.69, 9.17) is 9.47 Å². The molecule has 0 saturated heterocycles. The molecule has 1 saturated carbocycles. The average Bonchev–Trinajstić information content (AvgIpc) is 3.38. The molecule has 1 aromatic carbocycles. The number of fused-ring (bicyclic) bond motifs is 1. The lowest BCUT2D eigenvalue weighted by atomic mass is 10.1. The van der Waals surface area contributed by atoms with Crippen LogP contribution < -0.4 is 9.47 Å². The third kappa shape index (κ3) is 2.88. The lowest BCUT2D eigenvalue weighted by Gasteiger charge is -2.29. The summed E-state index contributed by atoms with van der Waals surface area (Å²) in [6, 6.07) is 4.63. The summed E-state index contributed by atoms with van der Waals surface area (Å²) in [7, 11) is 1.56. The van der Waals surface area contributed by atoms with Crippen molar-refractivity contribution in [2.24, 2.45) is 0 Å². The van der Waals surface area contributed by atoms with E-state index in [1.165, 1.54) is 4.90 Å². The first-order valence-electron chi connectivity index (χ1n) is 7.58. The fraction of sp³-hybridized carbons (Fsp3) is 0.412. The SMILES string of the molecule is COc1cccc2c1OCC(C(=O)N(C1CC1)C(C)C(=O)O)=C2. The third-order valence-corrected chi connectivity index (χ3v) is 4.16. The van der Waals surface area contributed by atoms with E-state index in [-0.39, 0.29) is 18.6 Å². The fourth-order valence-corrected chi connectivity index (χ4v) is 2.76. The Balaban J connectivity index is 1.90. The molecule has 2 aliphatic rings. The predicted octanol–water partition coefficient (Wildman–Crippen LogP) is 1.94. The quantitative estimate of drug-likeness (QED) is 0.898. The summed E-state index contributed by atoms with van der Waals surface area (Å²) in [5.41, 5.74) is 1.23. The highest BCUT2D eigenvalue weighted by molar-refractivity contribution is 6.01. The predicted molar refractivity (Wildman–Crippen MR) is 83.4 cm³/mol. The van der Waals surface area contributed by atoms with Gasteiger partial charge in [0.2, 0.25) is 0 Å². The van der Waals surface area contributed by atoms with E-state index in [0.717, 1.165) is 18.4 Å². The molecular formula is C17H19NO5. The Morgan fingerprint density at radius 1 is 1.39 bits per heavy atom. The first kappa shape index (κ1) is 15.4. The second-order valence-corrected chi connectivity index (χ2v) is 5.79. The van der Waals surface area contributed by atoms with Crippen LogP contribution in [0.3, 0.4) is 0 Å². The second-order valence-electron chi connectivity index (χ2n) is 5.79. The minimum Gasteiger partial charge on any atom is -0.493 e. The number of aliphatic carboxylic acids is 1. The number of hydrogen-bond donors (Lipinski definition) is 1. The summed E-state index contributed by atoms with van der Waals surface area (Å²) in [4.78, 5) is 25.5. The van der Waals surface area contributed by atoms with E-state index in [2.05, 4.69) is 0 Å². The molecule has 0 bridgehead atoms. The number of nitrogens with zero attached hydrogens (tertiary/aromatic N) is 1. The Morgan fingerprint density at radius 2 is 2.13 bits per heavy atom. The number of carbonyl (C=O) groups is 2. The molecule has 1 amide bonds. The number of carboxylic acid groups (broad SMARTS) is 1. The van der Waals surface area contributed by atoms with Crippen LogP contribution in [0, 0.1) is 0 Å². The first-order chi connectivity index (χ1) is 11.0. The van der Waals surface area contributed by atoms with Gasteiger partial charge in [0.15, 0.2) is 11.5 Å². The highest BCUT2D eigenvalue weighted by Gasteiger charge is 2.40. The molecule has 1 N–H and O–H groups in total. The van der Waals surface area contributed by atoms with Gasteiger partial charge in [-0.25, -0.2) is 4.79 Å². The van der Waals surface area contributed by atoms with Crippen LogP contribution in [-0.4, -0.2) is 47.7 Å². The number of rotatable bonds is 5. The highest BCUT2D eigenvalue weighted by atomic mass is 16.5. The number of para-hydroxylation sites is 1. The van der Waals surface area contributed by atoms with E-state index >= 15 is 0 Å². The van der Waals surface area contributed by atoms with Gasteiger partial charge in [0.1, 0.15) is 12.6 Å². The van der Waals surface area contributed by atoms with E-state index in [1.54, 1.807) is 26.2 Å². The Morgan fingerprint density at radius 3 is 2.74 bits per heavy atom. The molecule has 0 spiro atoms. The van der Waals surface area contributed by atoms with Crippen molar-refractivity contribution in [2.75, 3.05) is 13.7 Å². The summed E-state index contributed by atoms with van der Waals surface area (Å²) in [5.74, 6) is -0.0421. The van der Waals surface area contributed by atoms with E-state index in [9.17, 15) is 14.7 Å². The minimum absolute atomic E-state index is 0.0150. The summed E-state index contributed by atoms with van der Waals surface area (Å²) in [6.07, 6.45) is 3.46. The first-order valence-corrected chi connectivity index (χ1v) is 7.58. The minimum atomic E-state index is -0.996. The van der Waals surface area contributed by atoms with Crippen LogP contribution in [0.1, 0.15) is 25.3 Å². The maximum atomic E-state index is 12.8. The zero-order chi connectivity index (χ0) is 16.6. The molecule has 6 nitrogen and oxygen atoms in total. The summed E-state index contributed by atoms with van der Waals surface area (Å²) in [6.45, 7) is 1.65. The standard InChI is InChI=1S/C17H19NO5/c1-10(17(20)21)18(13-6-7-13)16(19)12-8-11-4-3-5-14(22-2)15(11)23-9-12/h3-5,8,10,13H,6-7,9H2,1-2H3,(H,20,21). The molecule has 3 rings (SSSR count). The van der Waals surface area contributed by atoms with Crippen molar-refractivity contribution in [1.29, 1.82) is 0 Å². The molecule has 0 radical (unpaired) electrons. The molecule has 1 aliphatic carbocycles. The van der Waals surface area contributed by atoms with Crippen molar-refractivity contribution in [1.82, 2.24) is 4.90 Å². The lowest BCUT2D eigenvalue weighted by molar-refractivity contribution is -0.148. The number of benzene rings is 1. The third-order valence-electron chi connectivity index (χ3n) is 4.16. The van der Waals surface area contributed by atoms with Gasteiger partial charge >= 0.3 is 5.97 Å². The van der Waals surface area contributed by atoms with Crippen molar-refractivity contribution >= 4 is 18.0 Å². The summed E-state index contributed by atoms with van der Waals surface area (Å²) in [5, 5.41) is 9.24. The van der Waals surface area contributed by atoms with Gasteiger partial charge in [0.25, 0.3) is 5.91 Å². The van der Waals surface area contributed by atoms with Crippen LogP contribution >= 0.6 is 0 Å². The van der Waals surface area contributed by atoms with Crippen LogP contribution in [0.15, 0.2) is 23.8 Å². The van der Waals surface area contributed by atoms with Crippen molar-refractivity contribution in [3.63, 3.8) is 0 Å². The van der Waals surface area contributed by atoms with Crippen LogP contribution in [0.2, 0.25) is 0 Å². The Bertz CT molecular complexity index is 678. The van der Waals surface area contributed by atoms with Crippen molar-refractivity contribution in [3.8, 4) is 11.5 Å². The number of amides is 1. The molecule has 1 unspecified atom stereocenters. The maximum Gasteiger partial charge on any atom is 0.326 e. The average molecular weight is 317 g/mol. The van der Waals surface area contributed by atoms with Gasteiger partial charge < -0.3 is 19.5 Å². The number of hydrogen-bond acceptors (Lipinski definition) is 4. The Labute approximate surface area is 134 Å². The van der Waals surface area contributed by atoms with Crippen molar-refractivity contribution < 1.29 is 24.2 Å². The van der Waals surface area contributed by atoms with Crippen LogP contribution in [-0.2, 0) is 9.59 Å². The van der Waals surface area contributed by atoms with Gasteiger partial charge in [-0.05, 0) is 31.9 Å². The number of methoxy groups -OCH3 is 1. The molecule has 23 heavy (non-hydrogen) atoms. The zero-order valence-electron chi connectivity index (χ0n) is 13.1. The van der Waals surface area contributed by atoms with Crippen molar-refractivity contribution in [2.45, 2.75) is 31.8 Å². The summed E-state index contributed by atoms with van der Waals surface area (Å²) < 4.78 is 10.9. The van der Waals surface area contributed by atoms with Gasteiger partial charge in [0, 0.05) is 11.6 Å². The van der Waals surface area contributed by atoms with E-state index < -0.39 is 12.0 Å². The van der Waals surface area contributed by atoms with Gasteiger partial charge in [-0.2, -0.15) is 0 Å². The molecular weight excluding hydrogens is 298 g/mol. The zero-order valence-corrected chi connectivity index (χ0v) is 13.1. The Hall–Kier alpha value is -2.50.